The summed E-state index contributed by atoms with van der Waals surface area (Å²) in [5.74, 6) is 0. The summed E-state index contributed by atoms with van der Waals surface area (Å²) in [4.78, 5) is 36.7. The smallest absolute Gasteiger partial charge is 0.336 e. The van der Waals surface area contributed by atoms with Gasteiger partial charge in [0.1, 0.15) is 0 Å². The Labute approximate surface area is 125 Å². The van der Waals surface area contributed by atoms with E-state index in [1.165, 1.54) is 0 Å². The Hall–Kier alpha value is -2.45. The molecule has 118 valence electrons. The normalized spacial score (nSPS) is 10.8. The molecule has 0 amide bonds. The number of aliphatic hydroxyl groups excluding tert-OH is 2. The van der Waals surface area contributed by atoms with E-state index in [1.807, 2.05) is 6.07 Å². The van der Waals surface area contributed by atoms with Gasteiger partial charge in [-0.3, -0.25) is 0 Å². The summed E-state index contributed by atoms with van der Waals surface area (Å²) in [6.07, 6.45) is 0. The number of benzene rings is 1. The highest BCUT2D eigenvalue weighted by Crippen LogP contribution is 1.98. The fourth-order valence-corrected chi connectivity index (χ4v) is 2.17. The fraction of sp³-hybridized carbons (Fsp3) is 0.357. The quantitative estimate of drug-likeness (QED) is 0.655. The van der Waals surface area contributed by atoms with Crippen molar-refractivity contribution in [2.75, 3.05) is 13.2 Å². The predicted molar refractivity (Wildman–Crippen MR) is 78.9 cm³/mol. The molecule has 0 saturated heterocycles. The first kappa shape index (κ1) is 15.9. The maximum atomic E-state index is 12.3. The Morgan fingerprint density at radius 1 is 0.727 bits per heavy atom. The van der Waals surface area contributed by atoms with Crippen LogP contribution in [0.2, 0.25) is 0 Å². The van der Waals surface area contributed by atoms with E-state index in [-0.39, 0.29) is 19.6 Å². The maximum Gasteiger partial charge on any atom is 0.336 e. The van der Waals surface area contributed by atoms with Crippen molar-refractivity contribution in [1.29, 1.82) is 0 Å². The second-order valence-corrected chi connectivity index (χ2v) is 4.67. The molecule has 0 unspecified atom stereocenters. The molecule has 1 aromatic carbocycles. The maximum absolute atomic E-state index is 12.3. The van der Waals surface area contributed by atoms with Gasteiger partial charge in [0.15, 0.2) is 0 Å². The van der Waals surface area contributed by atoms with Crippen molar-refractivity contribution in [3.63, 3.8) is 0 Å². The van der Waals surface area contributed by atoms with E-state index in [0.29, 0.717) is 0 Å². The van der Waals surface area contributed by atoms with Gasteiger partial charge in [-0.05, 0) is 5.56 Å². The highest BCUT2D eigenvalue weighted by atomic mass is 16.3. The van der Waals surface area contributed by atoms with Gasteiger partial charge in [-0.2, -0.15) is 0 Å². The summed E-state index contributed by atoms with van der Waals surface area (Å²) >= 11 is 0. The zero-order chi connectivity index (χ0) is 16.1. The lowest BCUT2D eigenvalue weighted by Gasteiger charge is -2.12. The molecule has 22 heavy (non-hydrogen) atoms. The van der Waals surface area contributed by atoms with Crippen LogP contribution in [0.5, 0.6) is 0 Å². The third kappa shape index (κ3) is 3.07. The molecule has 0 aliphatic rings. The van der Waals surface area contributed by atoms with Gasteiger partial charge in [-0.15, -0.1) is 0 Å². The highest BCUT2D eigenvalue weighted by Gasteiger charge is 2.15. The van der Waals surface area contributed by atoms with E-state index in [1.54, 1.807) is 24.3 Å². The van der Waals surface area contributed by atoms with Crippen molar-refractivity contribution in [2.24, 2.45) is 0 Å². The average molecular weight is 307 g/mol. The minimum Gasteiger partial charge on any atom is -0.395 e. The Bertz CT molecular complexity index is 760. The van der Waals surface area contributed by atoms with E-state index in [4.69, 9.17) is 10.2 Å². The summed E-state index contributed by atoms with van der Waals surface area (Å²) in [6.45, 7) is -1.22. The number of aromatic nitrogens is 3. The molecule has 1 heterocycles. The van der Waals surface area contributed by atoms with Crippen molar-refractivity contribution in [3.05, 3.63) is 67.3 Å². The molecule has 2 aromatic rings. The largest absolute Gasteiger partial charge is 0.395 e. The van der Waals surface area contributed by atoms with E-state index < -0.39 is 30.3 Å². The molecule has 2 rings (SSSR count). The minimum absolute atomic E-state index is 0.00957. The molecule has 0 atom stereocenters. The summed E-state index contributed by atoms with van der Waals surface area (Å²) in [5, 5.41) is 18.0. The van der Waals surface area contributed by atoms with E-state index in [9.17, 15) is 14.4 Å². The Morgan fingerprint density at radius 3 is 1.64 bits per heavy atom. The Kier molecular flexibility index (Phi) is 5.08. The van der Waals surface area contributed by atoms with Crippen molar-refractivity contribution in [2.45, 2.75) is 19.6 Å². The van der Waals surface area contributed by atoms with Crippen molar-refractivity contribution >= 4 is 0 Å². The molecular formula is C14H17N3O5. The van der Waals surface area contributed by atoms with E-state index in [0.717, 1.165) is 19.3 Å². The SMILES string of the molecule is O=c1n(CCO)c(=O)n(Cc2ccccc2)c(=O)n1CCO. The topological polar surface area (TPSA) is 106 Å². The molecule has 0 spiro atoms. The molecule has 1 aromatic heterocycles. The summed E-state index contributed by atoms with van der Waals surface area (Å²) < 4.78 is 2.50. The molecule has 0 aliphatic heterocycles. The number of rotatable bonds is 6. The molecule has 0 saturated carbocycles. The molecule has 2 N–H and O–H groups in total. The van der Waals surface area contributed by atoms with Gasteiger partial charge in [0.2, 0.25) is 0 Å². The van der Waals surface area contributed by atoms with Crippen LogP contribution < -0.4 is 17.1 Å². The predicted octanol–water partition coefficient (Wildman–Crippen LogP) is -1.80. The third-order valence-corrected chi connectivity index (χ3v) is 3.22. The number of hydrogen-bond acceptors (Lipinski definition) is 5. The highest BCUT2D eigenvalue weighted by molar-refractivity contribution is 5.14. The van der Waals surface area contributed by atoms with Crippen LogP contribution in [-0.2, 0) is 19.6 Å². The Morgan fingerprint density at radius 2 is 1.18 bits per heavy atom. The van der Waals surface area contributed by atoms with Gasteiger partial charge < -0.3 is 10.2 Å². The summed E-state index contributed by atoms with van der Waals surface area (Å²) in [7, 11) is 0. The van der Waals surface area contributed by atoms with Crippen molar-refractivity contribution in [1.82, 2.24) is 13.7 Å². The zero-order valence-electron chi connectivity index (χ0n) is 11.9. The average Bonchev–Trinajstić information content (AvgIpc) is 2.53. The molecule has 0 bridgehead atoms. The third-order valence-electron chi connectivity index (χ3n) is 3.22. The second-order valence-electron chi connectivity index (χ2n) is 4.67. The lowest BCUT2D eigenvalue weighted by molar-refractivity contribution is 0.251. The van der Waals surface area contributed by atoms with Crippen LogP contribution in [0.15, 0.2) is 44.7 Å². The van der Waals surface area contributed by atoms with Crippen LogP contribution in [0.25, 0.3) is 0 Å². The number of aliphatic hydroxyl groups is 2. The molecule has 0 fully saturated rings. The van der Waals surface area contributed by atoms with Crippen LogP contribution in [0.3, 0.4) is 0 Å². The van der Waals surface area contributed by atoms with Crippen LogP contribution in [0, 0.1) is 0 Å². The van der Waals surface area contributed by atoms with Crippen molar-refractivity contribution in [3.8, 4) is 0 Å². The van der Waals surface area contributed by atoms with Gasteiger partial charge in [-0.1, -0.05) is 30.3 Å². The minimum atomic E-state index is -0.831. The number of hydrogen-bond donors (Lipinski definition) is 2. The lowest BCUT2D eigenvalue weighted by Crippen LogP contribution is -2.55. The van der Waals surface area contributed by atoms with Crippen LogP contribution in [0.1, 0.15) is 5.56 Å². The molecule has 8 nitrogen and oxygen atoms in total. The monoisotopic (exact) mass is 307 g/mol. The van der Waals surface area contributed by atoms with Crippen LogP contribution >= 0.6 is 0 Å². The standard InChI is InChI=1S/C14H17N3O5/c18-8-6-15-12(20)16(7-9-19)14(22)17(13(15)21)10-11-4-2-1-3-5-11/h1-5,18-19H,6-10H2. The van der Waals surface area contributed by atoms with E-state index >= 15 is 0 Å². The second kappa shape index (κ2) is 7.01. The van der Waals surface area contributed by atoms with Gasteiger partial charge in [0, 0.05) is 0 Å². The molecular weight excluding hydrogens is 290 g/mol. The lowest BCUT2D eigenvalue weighted by atomic mass is 10.2. The fourth-order valence-electron chi connectivity index (χ4n) is 2.17. The first-order valence-corrected chi connectivity index (χ1v) is 6.80. The number of nitrogens with zero attached hydrogens (tertiary/aromatic N) is 3. The molecule has 8 heteroatoms. The molecule has 0 aliphatic carbocycles. The first-order chi connectivity index (χ1) is 10.6. The van der Waals surface area contributed by atoms with Crippen LogP contribution in [0.4, 0.5) is 0 Å². The summed E-state index contributed by atoms with van der Waals surface area (Å²) in [5.41, 5.74) is -1.65. The molecule has 0 radical (unpaired) electrons. The van der Waals surface area contributed by atoms with Crippen molar-refractivity contribution < 1.29 is 10.2 Å². The summed E-state index contributed by atoms with van der Waals surface area (Å²) in [6, 6.07) is 8.86. The van der Waals surface area contributed by atoms with Gasteiger partial charge in [0.25, 0.3) is 0 Å². The first-order valence-electron chi connectivity index (χ1n) is 6.80. The van der Waals surface area contributed by atoms with Gasteiger partial charge in [0.05, 0.1) is 32.8 Å². The van der Waals surface area contributed by atoms with Gasteiger partial charge >= 0.3 is 17.1 Å². The van der Waals surface area contributed by atoms with Crippen LogP contribution in [-0.4, -0.2) is 37.1 Å². The zero-order valence-corrected chi connectivity index (χ0v) is 11.9. The van der Waals surface area contributed by atoms with E-state index in [2.05, 4.69) is 0 Å². The Balaban J connectivity index is 2.64. The van der Waals surface area contributed by atoms with Gasteiger partial charge in [-0.25, -0.2) is 28.1 Å².